The second-order valence-corrected chi connectivity index (χ2v) is 19.9. The maximum atomic E-state index is 9.78. The Balaban J connectivity index is -0.0000000619. The molecule has 0 aromatic heterocycles. The molecule has 0 aliphatic carbocycles. The zero-order valence-corrected chi connectivity index (χ0v) is 29.4. The van der Waals surface area contributed by atoms with Crippen LogP contribution >= 0.6 is 98.4 Å². The molecule has 31 heavy (non-hydrogen) atoms. The molecule has 0 aromatic rings. The summed E-state index contributed by atoms with van der Waals surface area (Å²) in [5.41, 5.74) is 0. The molecule has 2 rings (SSSR count). The minimum atomic E-state index is -1.15. The molecule has 0 aromatic carbocycles. The molecule has 2 saturated heterocycles. The molecule has 2 fully saturated rings. The third kappa shape index (κ3) is 49.4. The van der Waals surface area contributed by atoms with E-state index < -0.39 is 12.6 Å². The summed E-state index contributed by atoms with van der Waals surface area (Å²) < 4.78 is 3.81. The number of nitriles is 1. The minimum absolute atomic E-state index is 0. The summed E-state index contributed by atoms with van der Waals surface area (Å²) in [4.78, 5) is 60.6. The number of nitrogens with zero attached hydrogens (tertiary/aromatic N) is 2. The number of aliphatic carboxylic acids is 1. The van der Waals surface area contributed by atoms with Gasteiger partial charge in [-0.2, -0.15) is 5.26 Å². The Hall–Kier alpha value is 1.16. The first-order valence-electron chi connectivity index (χ1n) is 6.32. The molecule has 19 heteroatoms. The van der Waals surface area contributed by atoms with Crippen LogP contribution in [-0.2, 0) is 52.1 Å². The fraction of sp³-hybridized carbons (Fsp3) is 0.333. The molecule has 3 N–H and O–H groups in total. The molecule has 1 radical (unpaired) electrons. The van der Waals surface area contributed by atoms with Crippen LogP contribution in [0.5, 0.6) is 0 Å². The van der Waals surface area contributed by atoms with E-state index in [2.05, 4.69) is 84.0 Å². The molecule has 12 nitrogen and oxygen atoms in total. The first-order chi connectivity index (χ1) is 13.7. The van der Waals surface area contributed by atoms with Gasteiger partial charge in [0.15, 0.2) is 6.61 Å². The van der Waals surface area contributed by atoms with Gasteiger partial charge < -0.3 is 14.7 Å². The van der Waals surface area contributed by atoms with Crippen LogP contribution in [0.25, 0.3) is 4.85 Å². The predicted molar refractivity (Wildman–Crippen MR) is 144 cm³/mol. The second kappa shape index (κ2) is 38.4. The van der Waals surface area contributed by atoms with Crippen LogP contribution in [0.2, 0.25) is 0 Å². The second-order valence-electron chi connectivity index (χ2n) is 3.63. The molecule has 2 aliphatic rings. The van der Waals surface area contributed by atoms with E-state index in [0.717, 1.165) is 0 Å². The first-order valence-corrected chi connectivity index (χ1v) is 25.2. The fourth-order valence-corrected chi connectivity index (χ4v) is 0.707. The molecular formula is C12H13I6N4O8V-. The summed E-state index contributed by atoms with van der Waals surface area (Å²) >= 11 is 9.54. The van der Waals surface area contributed by atoms with Gasteiger partial charge in [-0.1, -0.05) is 0 Å². The van der Waals surface area contributed by atoms with E-state index in [9.17, 15) is 28.8 Å². The SMILES string of the molecule is I.II.I[I-]I.O=C1CC(=O)N1.O=C1CC(=O)N1.O=COCC(=O)O.[C-]#[N+]CC#N.[V]. The van der Waals surface area contributed by atoms with Crippen molar-refractivity contribution in [1.82, 2.24) is 10.6 Å². The third-order valence-electron chi connectivity index (χ3n) is 1.62. The van der Waals surface area contributed by atoms with Crippen molar-refractivity contribution < 1.29 is 70.4 Å². The average molecular weight is 1150 g/mol. The van der Waals surface area contributed by atoms with Crippen LogP contribution in [0.3, 0.4) is 0 Å². The standard InChI is InChI=1S/C3H2N2.2C3H3NO2.C3H4O4.I3.I2.HI.V/c1-5-3-2-4;2*5-2-1-3(6)4-2;4-2-7-1-3(5)6;1-3-2;1-2;;/h3H2;2*1H2,(H,4,5,6);2H,1H2,(H,5,6);;;1H;/q;;;;-1;;;. The number of halogens is 6. The number of carbonyl (C=O) groups is 6. The monoisotopic (exact) mass is 1150 g/mol. The smallest absolute Gasteiger partial charge is 0.341 e. The molecule has 4 amide bonds. The van der Waals surface area contributed by atoms with Gasteiger partial charge in [-0.05, 0) is 0 Å². The zero-order valence-electron chi connectivity index (χ0n) is 14.9. The molecule has 0 atom stereocenters. The number of ether oxygens (including phenoxy) is 1. The van der Waals surface area contributed by atoms with Crippen LogP contribution in [0.4, 0.5) is 0 Å². The van der Waals surface area contributed by atoms with Crippen molar-refractivity contribution in [2.24, 2.45) is 0 Å². The molecule has 2 aliphatic heterocycles. The maximum absolute atomic E-state index is 9.78. The van der Waals surface area contributed by atoms with Crippen molar-refractivity contribution in [2.75, 3.05) is 13.2 Å². The van der Waals surface area contributed by atoms with Crippen molar-refractivity contribution in [2.45, 2.75) is 12.8 Å². The number of hydrogen-bond donors (Lipinski definition) is 3. The quantitative estimate of drug-likeness (QED) is 0.0790. The number of rotatable bonds is 3. The van der Waals surface area contributed by atoms with Gasteiger partial charge in [0.05, 0.1) is 0 Å². The van der Waals surface area contributed by atoms with Crippen molar-refractivity contribution in [3.63, 3.8) is 0 Å². The summed E-state index contributed by atoms with van der Waals surface area (Å²) in [5, 5.41) is 19.4. The van der Waals surface area contributed by atoms with Gasteiger partial charge in [0.25, 0.3) is 13.0 Å². The number of carboxylic acids is 1. The Morgan fingerprint density at radius 1 is 1.16 bits per heavy atom. The van der Waals surface area contributed by atoms with Crippen LogP contribution in [0.15, 0.2) is 0 Å². The topological polar surface area (TPSA) is 184 Å². The van der Waals surface area contributed by atoms with Gasteiger partial charge in [0.1, 0.15) is 18.9 Å². The van der Waals surface area contributed by atoms with E-state index in [1.165, 1.54) is 0 Å². The Kier molecular flexibility index (Phi) is 56.6. The van der Waals surface area contributed by atoms with Gasteiger partial charge in [-0.25, -0.2) is 11.4 Å². The Morgan fingerprint density at radius 2 is 1.45 bits per heavy atom. The summed E-state index contributed by atoms with van der Waals surface area (Å²) in [6.07, 6.45) is 0.167. The Labute approximate surface area is 259 Å². The van der Waals surface area contributed by atoms with Crippen molar-refractivity contribution in [3.05, 3.63) is 11.4 Å². The maximum Gasteiger partial charge on any atom is 0.341 e. The van der Waals surface area contributed by atoms with Gasteiger partial charge in [0, 0.05) is 55.8 Å². The minimum Gasteiger partial charge on any atom is -0.479 e. The van der Waals surface area contributed by atoms with E-state index in [4.69, 9.17) is 16.9 Å². The van der Waals surface area contributed by atoms with Gasteiger partial charge in [-0.15, -0.1) is 24.0 Å². The number of carbonyl (C=O) groups excluding carboxylic acids is 5. The molecule has 0 spiro atoms. The van der Waals surface area contributed by atoms with Crippen molar-refractivity contribution >= 4 is 135 Å². The molecule has 0 unspecified atom stereocenters. The van der Waals surface area contributed by atoms with E-state index in [1.807, 2.05) is 10.6 Å². The molecule has 0 saturated carbocycles. The number of β-lactam (4-membered cyclic amide) rings is 4. The molecule has 2 heterocycles. The number of carboxylic acid groups (broad SMARTS) is 1. The van der Waals surface area contributed by atoms with E-state index in [0.29, 0.717) is 13.3 Å². The van der Waals surface area contributed by atoms with Gasteiger partial charge in [-0.3, -0.25) is 34.6 Å². The summed E-state index contributed by atoms with van der Waals surface area (Å²) in [6, 6.07) is 1.66. The number of amides is 4. The Bertz CT molecular complexity index is 545. The predicted octanol–water partition coefficient (Wildman–Crippen LogP) is -1.10. The Morgan fingerprint density at radius 3 is 1.48 bits per heavy atom. The van der Waals surface area contributed by atoms with Crippen LogP contribution < -0.4 is 23.9 Å². The summed E-state index contributed by atoms with van der Waals surface area (Å²) in [6.45, 7) is 5.53. The first kappa shape index (κ1) is 45.6. The molecule has 0 bridgehead atoms. The summed E-state index contributed by atoms with van der Waals surface area (Å²) in [5.74, 6) is -1.81. The number of imide groups is 2. The third-order valence-corrected chi connectivity index (χ3v) is 1.62. The van der Waals surface area contributed by atoms with Crippen molar-refractivity contribution in [3.8, 4) is 6.07 Å². The van der Waals surface area contributed by atoms with E-state index in [-0.39, 0.29) is 92.0 Å². The van der Waals surface area contributed by atoms with Gasteiger partial charge >= 0.3 is 56.5 Å². The normalized spacial score (nSPS) is 10.8. The van der Waals surface area contributed by atoms with Gasteiger partial charge in [0.2, 0.25) is 23.6 Å². The van der Waals surface area contributed by atoms with E-state index in [1.54, 1.807) is 6.07 Å². The largest absolute Gasteiger partial charge is 0.479 e. The van der Waals surface area contributed by atoms with Crippen molar-refractivity contribution in [1.29, 1.82) is 5.26 Å². The van der Waals surface area contributed by atoms with E-state index >= 15 is 0 Å². The summed E-state index contributed by atoms with van der Waals surface area (Å²) in [7, 11) is 0. The fourth-order valence-electron chi connectivity index (χ4n) is 0.707. The number of hydrogen-bond acceptors (Lipinski definition) is 8. The average Bonchev–Trinajstić information content (AvgIpc) is 2.63. The van der Waals surface area contributed by atoms with Crippen LogP contribution in [0, 0.1) is 17.9 Å². The molecular weight excluding hydrogens is 1140 g/mol. The van der Waals surface area contributed by atoms with Crippen LogP contribution in [0.1, 0.15) is 12.8 Å². The van der Waals surface area contributed by atoms with Crippen LogP contribution in [-0.4, -0.2) is 54.3 Å². The molecule has 177 valence electrons. The number of nitrogens with one attached hydrogen (secondary N) is 2. The zero-order chi connectivity index (χ0) is 23.7.